The van der Waals surface area contributed by atoms with Crippen molar-refractivity contribution in [1.82, 2.24) is 0 Å². The number of nitrogens with two attached hydrogens (primary N) is 1. The smallest absolute Gasteiger partial charge is 0.306 e. The summed E-state index contributed by atoms with van der Waals surface area (Å²) in [5.41, 5.74) is 0.878. The van der Waals surface area contributed by atoms with Crippen LogP contribution in [0.15, 0.2) is 29.2 Å². The predicted molar refractivity (Wildman–Crippen MR) is 76.6 cm³/mol. The second-order valence-corrected chi connectivity index (χ2v) is 6.18. The molecule has 0 aromatic heterocycles. The standard InChI is InChI=1S/C14H21NO4S/c1-2-3-4-11-19-14(16)10-7-12-5-8-13(9-6-12)20(15,17)18/h5-6,8-9H,2-4,7,10-11H2,1H3,(H2,15,17,18). The van der Waals surface area contributed by atoms with E-state index in [4.69, 9.17) is 9.88 Å². The first-order chi connectivity index (χ1) is 9.43. The van der Waals surface area contributed by atoms with Crippen molar-refractivity contribution in [3.8, 4) is 0 Å². The van der Waals surface area contributed by atoms with Gasteiger partial charge < -0.3 is 4.74 Å². The van der Waals surface area contributed by atoms with E-state index in [1.807, 2.05) is 0 Å². The lowest BCUT2D eigenvalue weighted by Crippen LogP contribution is -2.12. The Morgan fingerprint density at radius 3 is 2.40 bits per heavy atom. The number of carbonyl (C=O) groups excluding carboxylic acids is 1. The van der Waals surface area contributed by atoms with E-state index in [1.165, 1.54) is 12.1 Å². The van der Waals surface area contributed by atoms with Crippen molar-refractivity contribution < 1.29 is 17.9 Å². The second kappa shape index (κ2) is 8.01. The Morgan fingerprint density at radius 1 is 1.20 bits per heavy atom. The lowest BCUT2D eigenvalue weighted by Gasteiger charge is -2.05. The van der Waals surface area contributed by atoms with Crippen LogP contribution in [0.5, 0.6) is 0 Å². The molecule has 1 aromatic carbocycles. The summed E-state index contributed by atoms with van der Waals surface area (Å²) in [7, 11) is -3.66. The van der Waals surface area contributed by atoms with Gasteiger partial charge >= 0.3 is 5.97 Å². The summed E-state index contributed by atoms with van der Waals surface area (Å²) in [6.07, 6.45) is 3.86. The molecule has 0 fully saturated rings. The predicted octanol–water partition coefficient (Wildman–Crippen LogP) is 2.00. The lowest BCUT2D eigenvalue weighted by molar-refractivity contribution is -0.143. The minimum atomic E-state index is -3.66. The number of hydrogen-bond donors (Lipinski definition) is 1. The van der Waals surface area contributed by atoms with Gasteiger partial charge in [0, 0.05) is 6.42 Å². The van der Waals surface area contributed by atoms with Crippen molar-refractivity contribution in [2.45, 2.75) is 43.9 Å². The van der Waals surface area contributed by atoms with Gasteiger partial charge in [-0.25, -0.2) is 13.6 Å². The van der Waals surface area contributed by atoms with Gasteiger partial charge in [-0.1, -0.05) is 31.9 Å². The van der Waals surface area contributed by atoms with Crippen molar-refractivity contribution in [3.05, 3.63) is 29.8 Å². The van der Waals surface area contributed by atoms with Crippen molar-refractivity contribution >= 4 is 16.0 Å². The Balaban J connectivity index is 2.37. The Morgan fingerprint density at radius 2 is 1.85 bits per heavy atom. The average Bonchev–Trinajstić information content (AvgIpc) is 2.41. The molecule has 0 saturated heterocycles. The van der Waals surface area contributed by atoms with E-state index in [0.717, 1.165) is 24.8 Å². The molecular weight excluding hydrogens is 278 g/mol. The number of primary sulfonamides is 1. The molecule has 0 aliphatic heterocycles. The van der Waals surface area contributed by atoms with Gasteiger partial charge in [-0.3, -0.25) is 4.79 Å². The zero-order valence-corrected chi connectivity index (χ0v) is 12.5. The monoisotopic (exact) mass is 299 g/mol. The van der Waals surface area contributed by atoms with Gasteiger partial charge in [-0.2, -0.15) is 0 Å². The molecule has 2 N–H and O–H groups in total. The molecule has 1 rings (SSSR count). The highest BCUT2D eigenvalue weighted by Crippen LogP contribution is 2.10. The van der Waals surface area contributed by atoms with Crippen molar-refractivity contribution in [1.29, 1.82) is 0 Å². The number of ether oxygens (including phenoxy) is 1. The maximum Gasteiger partial charge on any atom is 0.306 e. The minimum Gasteiger partial charge on any atom is -0.466 e. The minimum absolute atomic E-state index is 0.0726. The van der Waals surface area contributed by atoms with Crippen molar-refractivity contribution in [2.75, 3.05) is 6.61 Å². The first kappa shape index (κ1) is 16.7. The summed E-state index contributed by atoms with van der Waals surface area (Å²) in [6.45, 7) is 2.56. The van der Waals surface area contributed by atoms with E-state index < -0.39 is 10.0 Å². The van der Waals surface area contributed by atoms with Gasteiger partial charge in [0.2, 0.25) is 10.0 Å². The molecule has 0 aliphatic carbocycles. The fraction of sp³-hybridized carbons (Fsp3) is 0.500. The molecule has 0 aliphatic rings. The molecule has 0 heterocycles. The molecule has 5 nitrogen and oxygen atoms in total. The van der Waals surface area contributed by atoms with Crippen LogP contribution in [0.3, 0.4) is 0 Å². The Bertz CT molecular complexity index is 523. The Hall–Kier alpha value is -1.40. The zero-order valence-electron chi connectivity index (χ0n) is 11.7. The third kappa shape index (κ3) is 6.16. The van der Waals surface area contributed by atoms with Crippen LogP contribution in [-0.4, -0.2) is 21.0 Å². The molecule has 0 bridgehead atoms. The molecular formula is C14H21NO4S. The summed E-state index contributed by atoms with van der Waals surface area (Å²) in [4.78, 5) is 11.5. The van der Waals surface area contributed by atoms with E-state index in [2.05, 4.69) is 6.92 Å². The van der Waals surface area contributed by atoms with Crippen LogP contribution in [0, 0.1) is 0 Å². The van der Waals surface area contributed by atoms with Crippen LogP contribution in [0.1, 0.15) is 38.2 Å². The van der Waals surface area contributed by atoms with Gasteiger partial charge in [0.05, 0.1) is 11.5 Å². The van der Waals surface area contributed by atoms with Gasteiger partial charge in [0.25, 0.3) is 0 Å². The molecule has 6 heteroatoms. The normalized spacial score (nSPS) is 11.3. The van der Waals surface area contributed by atoms with E-state index >= 15 is 0 Å². The van der Waals surface area contributed by atoms with Gasteiger partial charge in [0.1, 0.15) is 0 Å². The van der Waals surface area contributed by atoms with Crippen LogP contribution < -0.4 is 5.14 Å². The molecule has 112 valence electrons. The summed E-state index contributed by atoms with van der Waals surface area (Å²) < 4.78 is 27.3. The number of sulfonamides is 1. The topological polar surface area (TPSA) is 86.5 Å². The third-order valence-electron chi connectivity index (χ3n) is 2.88. The number of unbranched alkanes of at least 4 members (excludes halogenated alkanes) is 2. The van der Waals surface area contributed by atoms with E-state index in [0.29, 0.717) is 19.4 Å². The maximum atomic E-state index is 11.5. The quantitative estimate of drug-likeness (QED) is 0.587. The number of hydrogen-bond acceptors (Lipinski definition) is 4. The van der Waals surface area contributed by atoms with Gasteiger partial charge in [0.15, 0.2) is 0 Å². The van der Waals surface area contributed by atoms with Crippen LogP contribution in [0.2, 0.25) is 0 Å². The highest BCUT2D eigenvalue weighted by Gasteiger charge is 2.08. The zero-order chi connectivity index (χ0) is 15.0. The van der Waals surface area contributed by atoms with Crippen LogP contribution >= 0.6 is 0 Å². The highest BCUT2D eigenvalue weighted by molar-refractivity contribution is 7.89. The van der Waals surface area contributed by atoms with Gasteiger partial charge in [-0.15, -0.1) is 0 Å². The first-order valence-corrected chi connectivity index (χ1v) is 8.25. The molecule has 0 amide bonds. The second-order valence-electron chi connectivity index (χ2n) is 4.62. The number of carbonyl (C=O) groups is 1. The number of benzene rings is 1. The molecule has 20 heavy (non-hydrogen) atoms. The number of esters is 1. The van der Waals surface area contributed by atoms with Crippen LogP contribution in [0.4, 0.5) is 0 Å². The summed E-state index contributed by atoms with van der Waals surface area (Å²) in [5.74, 6) is -0.225. The molecule has 0 radical (unpaired) electrons. The Kier molecular flexibility index (Phi) is 6.67. The number of rotatable bonds is 8. The number of aryl methyl sites for hydroxylation is 1. The first-order valence-electron chi connectivity index (χ1n) is 6.71. The fourth-order valence-electron chi connectivity index (χ4n) is 1.70. The summed E-state index contributed by atoms with van der Waals surface area (Å²) in [5, 5.41) is 5.01. The lowest BCUT2D eigenvalue weighted by atomic mass is 10.1. The summed E-state index contributed by atoms with van der Waals surface area (Å²) >= 11 is 0. The highest BCUT2D eigenvalue weighted by atomic mass is 32.2. The molecule has 1 aromatic rings. The largest absolute Gasteiger partial charge is 0.466 e. The molecule has 0 atom stereocenters. The van der Waals surface area contributed by atoms with E-state index in [-0.39, 0.29) is 10.9 Å². The van der Waals surface area contributed by atoms with E-state index in [9.17, 15) is 13.2 Å². The molecule has 0 saturated carbocycles. The SMILES string of the molecule is CCCCCOC(=O)CCc1ccc(S(N)(=O)=O)cc1. The van der Waals surface area contributed by atoms with Crippen molar-refractivity contribution in [3.63, 3.8) is 0 Å². The van der Waals surface area contributed by atoms with E-state index in [1.54, 1.807) is 12.1 Å². The average molecular weight is 299 g/mol. The summed E-state index contributed by atoms with van der Waals surface area (Å²) in [6, 6.07) is 6.20. The fourth-order valence-corrected chi connectivity index (χ4v) is 2.22. The van der Waals surface area contributed by atoms with Crippen LogP contribution in [0.25, 0.3) is 0 Å². The maximum absolute atomic E-state index is 11.5. The van der Waals surface area contributed by atoms with Crippen molar-refractivity contribution in [2.24, 2.45) is 5.14 Å². The third-order valence-corrected chi connectivity index (χ3v) is 3.81. The van der Waals surface area contributed by atoms with Crippen LogP contribution in [-0.2, 0) is 26.0 Å². The van der Waals surface area contributed by atoms with Gasteiger partial charge in [-0.05, 0) is 30.5 Å². The molecule has 0 unspecified atom stereocenters. The molecule has 0 spiro atoms. The Labute approximate surface area is 120 Å².